The number of tetrazole rings is 1. The molecule has 33 heavy (non-hydrogen) atoms. The summed E-state index contributed by atoms with van der Waals surface area (Å²) < 4.78 is 11.1. The number of nitrogens with one attached hydrogen (secondary N) is 1. The lowest BCUT2D eigenvalue weighted by atomic mass is 9.98. The quantitative estimate of drug-likeness (QED) is 0.386. The highest BCUT2D eigenvalue weighted by Gasteiger charge is 2.28. The maximum atomic E-state index is 11.9. The van der Waals surface area contributed by atoms with E-state index < -0.39 is 24.0 Å². The van der Waals surface area contributed by atoms with Gasteiger partial charge in [-0.25, -0.2) is 4.68 Å². The molecule has 0 saturated carbocycles. The molecule has 174 valence electrons. The van der Waals surface area contributed by atoms with Crippen LogP contribution in [0.25, 0.3) is 0 Å². The fourth-order valence-electron chi connectivity index (χ4n) is 3.46. The second-order valence-corrected chi connectivity index (χ2v) is 7.37. The van der Waals surface area contributed by atoms with Gasteiger partial charge in [-0.05, 0) is 40.6 Å². The van der Waals surface area contributed by atoms with E-state index in [1.807, 2.05) is 31.2 Å². The number of phenolic OH excluding ortho intramolecular Hbond substituents is 1. The third kappa shape index (κ3) is 5.83. The number of carbonyl (C=O) groups is 2. The summed E-state index contributed by atoms with van der Waals surface area (Å²) in [5.41, 5.74) is 2.27. The van der Waals surface area contributed by atoms with Crippen LogP contribution in [-0.2, 0) is 20.9 Å². The van der Waals surface area contributed by atoms with Gasteiger partial charge < -0.3 is 19.7 Å². The smallest absolute Gasteiger partial charge is 0.327 e. The number of carbonyl (C=O) groups excluding carboxylic acids is 1. The predicted octanol–water partition coefficient (Wildman–Crippen LogP) is 1.76. The summed E-state index contributed by atoms with van der Waals surface area (Å²) in [5, 5.41) is 34.8. The number of ether oxygens (including phenoxy) is 2. The van der Waals surface area contributed by atoms with Crippen LogP contribution in [0.2, 0.25) is 0 Å². The van der Waals surface area contributed by atoms with E-state index in [0.717, 1.165) is 11.1 Å². The van der Waals surface area contributed by atoms with Gasteiger partial charge in [0.1, 0.15) is 6.54 Å². The molecule has 0 aliphatic rings. The Hall–Kier alpha value is -3.99. The SMILES string of the molecule is COC(=O)Cn1nnnc1C(NC(CC(=O)O)c1cccc(C)c1)c1ccc(OC)c(O)c1. The first-order valence-electron chi connectivity index (χ1n) is 10.1. The Morgan fingerprint density at radius 3 is 2.58 bits per heavy atom. The number of benzene rings is 2. The molecule has 0 aliphatic carbocycles. The lowest BCUT2D eigenvalue weighted by Crippen LogP contribution is -2.32. The van der Waals surface area contributed by atoms with Crippen LogP contribution in [0.5, 0.6) is 11.5 Å². The Balaban J connectivity index is 2.08. The van der Waals surface area contributed by atoms with Gasteiger partial charge in [-0.2, -0.15) is 0 Å². The molecule has 3 N–H and O–H groups in total. The number of aromatic nitrogens is 4. The molecule has 0 saturated heterocycles. The molecule has 1 aromatic heterocycles. The van der Waals surface area contributed by atoms with Gasteiger partial charge >= 0.3 is 11.9 Å². The van der Waals surface area contributed by atoms with Gasteiger partial charge in [-0.1, -0.05) is 35.9 Å². The largest absolute Gasteiger partial charge is 0.504 e. The molecule has 0 amide bonds. The van der Waals surface area contributed by atoms with Gasteiger partial charge in [0.05, 0.1) is 26.7 Å². The Morgan fingerprint density at radius 1 is 1.15 bits per heavy atom. The topological polar surface area (TPSA) is 149 Å². The zero-order chi connectivity index (χ0) is 24.0. The van der Waals surface area contributed by atoms with Gasteiger partial charge in [-0.3, -0.25) is 14.9 Å². The number of aryl methyl sites for hydroxylation is 1. The zero-order valence-electron chi connectivity index (χ0n) is 18.4. The van der Waals surface area contributed by atoms with Crippen LogP contribution in [0, 0.1) is 6.92 Å². The number of hydrogen-bond acceptors (Lipinski definition) is 9. The summed E-state index contributed by atoms with van der Waals surface area (Å²) in [6, 6.07) is 10.8. The lowest BCUT2D eigenvalue weighted by molar-refractivity contribution is -0.141. The minimum absolute atomic E-state index is 0.112. The molecule has 3 aromatic rings. The highest BCUT2D eigenvalue weighted by atomic mass is 16.5. The van der Waals surface area contributed by atoms with Crippen molar-refractivity contribution in [2.24, 2.45) is 0 Å². The molecule has 0 fully saturated rings. The summed E-state index contributed by atoms with van der Waals surface area (Å²) >= 11 is 0. The molecule has 3 rings (SSSR count). The van der Waals surface area contributed by atoms with Crippen molar-refractivity contribution in [3.8, 4) is 11.5 Å². The number of esters is 1. The molecule has 0 spiro atoms. The lowest BCUT2D eigenvalue weighted by Gasteiger charge is -2.25. The van der Waals surface area contributed by atoms with E-state index in [2.05, 4.69) is 20.8 Å². The first-order chi connectivity index (χ1) is 15.8. The number of rotatable bonds is 10. The van der Waals surface area contributed by atoms with Crippen LogP contribution in [0.4, 0.5) is 0 Å². The van der Waals surface area contributed by atoms with E-state index in [9.17, 15) is 19.8 Å². The number of methoxy groups -OCH3 is 2. The first kappa shape index (κ1) is 23.7. The number of carboxylic acid groups (broad SMARTS) is 1. The van der Waals surface area contributed by atoms with Crippen LogP contribution in [0.1, 0.15) is 41.0 Å². The standard InChI is InChI=1S/C22H25N5O6/c1-13-5-4-6-14(9-13)16(11-19(29)30)23-21(15-7-8-18(32-2)17(28)10-15)22-24-25-26-27(22)12-20(31)33-3/h4-10,16,21,23,28H,11-12H2,1-3H3,(H,29,30). The van der Waals surface area contributed by atoms with E-state index in [1.54, 1.807) is 12.1 Å². The van der Waals surface area contributed by atoms with Gasteiger partial charge in [0.25, 0.3) is 0 Å². The maximum absolute atomic E-state index is 11.9. The van der Waals surface area contributed by atoms with Crippen molar-refractivity contribution < 1.29 is 29.3 Å². The molecule has 2 atom stereocenters. The minimum atomic E-state index is -1.00. The van der Waals surface area contributed by atoms with E-state index in [1.165, 1.54) is 25.0 Å². The number of hydrogen-bond donors (Lipinski definition) is 3. The number of phenols is 1. The Kier molecular flexibility index (Phi) is 7.57. The van der Waals surface area contributed by atoms with E-state index >= 15 is 0 Å². The second kappa shape index (κ2) is 10.6. The van der Waals surface area contributed by atoms with E-state index in [0.29, 0.717) is 5.56 Å². The molecule has 11 nitrogen and oxygen atoms in total. The molecule has 2 aromatic carbocycles. The molecule has 2 unspecified atom stereocenters. The van der Waals surface area contributed by atoms with Crippen LogP contribution in [0.15, 0.2) is 42.5 Å². The maximum Gasteiger partial charge on any atom is 0.327 e. The van der Waals surface area contributed by atoms with Crippen LogP contribution in [-0.4, -0.2) is 56.6 Å². The predicted molar refractivity (Wildman–Crippen MR) is 116 cm³/mol. The van der Waals surface area contributed by atoms with Crippen molar-refractivity contribution in [1.29, 1.82) is 0 Å². The highest BCUT2D eigenvalue weighted by Crippen LogP contribution is 2.33. The van der Waals surface area contributed by atoms with Gasteiger partial charge in [0.15, 0.2) is 17.3 Å². The van der Waals surface area contributed by atoms with Crippen molar-refractivity contribution in [2.75, 3.05) is 14.2 Å². The average molecular weight is 455 g/mol. The number of nitrogens with zero attached hydrogens (tertiary/aromatic N) is 4. The number of aliphatic carboxylic acids is 1. The highest BCUT2D eigenvalue weighted by molar-refractivity contribution is 5.69. The number of carboxylic acids is 1. The van der Waals surface area contributed by atoms with Crippen molar-refractivity contribution >= 4 is 11.9 Å². The average Bonchev–Trinajstić information content (AvgIpc) is 3.23. The monoisotopic (exact) mass is 455 g/mol. The molecular formula is C22H25N5O6. The van der Waals surface area contributed by atoms with Gasteiger partial charge in [0, 0.05) is 6.04 Å². The normalized spacial score (nSPS) is 12.7. The first-order valence-corrected chi connectivity index (χ1v) is 10.1. The van der Waals surface area contributed by atoms with Gasteiger partial charge in [-0.15, -0.1) is 5.10 Å². The summed E-state index contributed by atoms with van der Waals surface area (Å²) in [7, 11) is 2.69. The van der Waals surface area contributed by atoms with Crippen LogP contribution >= 0.6 is 0 Å². The fourth-order valence-corrected chi connectivity index (χ4v) is 3.46. The van der Waals surface area contributed by atoms with Crippen LogP contribution in [0.3, 0.4) is 0 Å². The molecule has 0 bridgehead atoms. The fraction of sp³-hybridized carbons (Fsp3) is 0.318. The van der Waals surface area contributed by atoms with Crippen LogP contribution < -0.4 is 10.1 Å². The van der Waals surface area contributed by atoms with Crippen molar-refractivity contribution in [2.45, 2.75) is 32.0 Å². The summed E-state index contributed by atoms with van der Waals surface area (Å²) in [6.45, 7) is 1.67. The van der Waals surface area contributed by atoms with Crippen molar-refractivity contribution in [3.05, 3.63) is 65.0 Å². The van der Waals surface area contributed by atoms with Gasteiger partial charge in [0.2, 0.25) is 0 Å². The number of aromatic hydroxyl groups is 1. The van der Waals surface area contributed by atoms with E-state index in [-0.39, 0.29) is 30.3 Å². The summed E-state index contributed by atoms with van der Waals surface area (Å²) in [5.74, 6) is -1.15. The third-order valence-electron chi connectivity index (χ3n) is 5.05. The Bertz CT molecular complexity index is 1130. The molecule has 0 aliphatic heterocycles. The van der Waals surface area contributed by atoms with E-state index in [4.69, 9.17) is 9.47 Å². The van der Waals surface area contributed by atoms with Crippen molar-refractivity contribution in [3.63, 3.8) is 0 Å². The molecule has 0 radical (unpaired) electrons. The van der Waals surface area contributed by atoms with Crippen molar-refractivity contribution in [1.82, 2.24) is 25.5 Å². The Labute approximate surface area is 190 Å². The summed E-state index contributed by atoms with van der Waals surface area (Å²) in [6.07, 6.45) is -0.222. The second-order valence-electron chi connectivity index (χ2n) is 7.37. The third-order valence-corrected chi connectivity index (χ3v) is 5.05. The summed E-state index contributed by atoms with van der Waals surface area (Å²) in [4.78, 5) is 23.5. The minimum Gasteiger partial charge on any atom is -0.504 e. The Morgan fingerprint density at radius 2 is 1.94 bits per heavy atom. The molecule has 11 heteroatoms. The molecule has 1 heterocycles. The molecular weight excluding hydrogens is 430 g/mol. The zero-order valence-corrected chi connectivity index (χ0v) is 18.4.